The maximum absolute atomic E-state index is 13.2. The van der Waals surface area contributed by atoms with Crippen molar-refractivity contribution in [2.45, 2.75) is 45.3 Å². The molecule has 1 amide bonds. The zero-order valence-electron chi connectivity index (χ0n) is 15.3. The first-order valence-electron chi connectivity index (χ1n) is 9.02. The molecule has 6 nitrogen and oxygen atoms in total. The average Bonchev–Trinajstić information content (AvgIpc) is 3.01. The number of hydrogen-bond donors (Lipinski definition) is 1. The van der Waals surface area contributed by atoms with E-state index in [1.807, 2.05) is 0 Å². The first-order valence-corrected chi connectivity index (χ1v) is 9.02. The number of ether oxygens (including phenoxy) is 1. The van der Waals surface area contributed by atoms with E-state index in [4.69, 9.17) is 4.74 Å². The van der Waals surface area contributed by atoms with E-state index >= 15 is 0 Å². The molecule has 1 aliphatic carbocycles. The van der Waals surface area contributed by atoms with Gasteiger partial charge in [-0.15, -0.1) is 0 Å². The minimum Gasteiger partial charge on any atom is -0.462 e. The van der Waals surface area contributed by atoms with Crippen molar-refractivity contribution < 1.29 is 27.5 Å². The standard InChI is InChI=1S/C19H20F3N3O3/c1-2-28-18(27)12-6-5-7-13(10-12)23-16(26)11-25-15-9-4-3-8-14(15)17(24-25)19(20,21)22/h5-7,10H,2-4,8-9,11H2,1H3,(H,23,26). The number of halogens is 3. The lowest BCUT2D eigenvalue weighted by Crippen LogP contribution is -2.22. The van der Waals surface area contributed by atoms with Crippen molar-refractivity contribution in [2.24, 2.45) is 0 Å². The Morgan fingerprint density at radius 3 is 2.71 bits per heavy atom. The number of nitrogens with one attached hydrogen (secondary N) is 1. The Balaban J connectivity index is 1.76. The van der Waals surface area contributed by atoms with Gasteiger partial charge in [-0.2, -0.15) is 18.3 Å². The van der Waals surface area contributed by atoms with Crippen LogP contribution in [0.4, 0.5) is 18.9 Å². The highest BCUT2D eigenvalue weighted by molar-refractivity contribution is 5.94. The molecule has 0 aliphatic heterocycles. The molecule has 0 saturated heterocycles. The molecule has 0 saturated carbocycles. The number of amides is 1. The van der Waals surface area contributed by atoms with Crippen molar-refractivity contribution in [3.8, 4) is 0 Å². The number of rotatable bonds is 5. The van der Waals surface area contributed by atoms with Crippen LogP contribution in [0.25, 0.3) is 0 Å². The largest absolute Gasteiger partial charge is 0.462 e. The van der Waals surface area contributed by atoms with E-state index in [0.29, 0.717) is 30.6 Å². The van der Waals surface area contributed by atoms with E-state index in [0.717, 1.165) is 11.1 Å². The monoisotopic (exact) mass is 395 g/mol. The number of fused-ring (bicyclic) bond motifs is 1. The van der Waals surface area contributed by atoms with E-state index in [9.17, 15) is 22.8 Å². The molecule has 1 N–H and O–H groups in total. The molecule has 9 heteroatoms. The zero-order valence-corrected chi connectivity index (χ0v) is 15.3. The van der Waals surface area contributed by atoms with Crippen molar-refractivity contribution in [2.75, 3.05) is 11.9 Å². The molecule has 1 aromatic carbocycles. The van der Waals surface area contributed by atoms with Crippen LogP contribution in [0.2, 0.25) is 0 Å². The lowest BCUT2D eigenvalue weighted by atomic mass is 9.95. The van der Waals surface area contributed by atoms with Gasteiger partial charge in [0.25, 0.3) is 0 Å². The van der Waals surface area contributed by atoms with Gasteiger partial charge < -0.3 is 10.1 Å². The van der Waals surface area contributed by atoms with Crippen LogP contribution in [-0.2, 0) is 35.1 Å². The molecule has 1 aliphatic rings. The van der Waals surface area contributed by atoms with Crippen LogP contribution in [0.1, 0.15) is 47.1 Å². The molecular formula is C19H20F3N3O3. The fraction of sp³-hybridized carbons (Fsp3) is 0.421. The molecule has 0 unspecified atom stereocenters. The third kappa shape index (κ3) is 4.35. The van der Waals surface area contributed by atoms with E-state index in [2.05, 4.69) is 10.4 Å². The molecule has 2 aromatic rings. The van der Waals surface area contributed by atoms with Gasteiger partial charge in [-0.05, 0) is 50.8 Å². The van der Waals surface area contributed by atoms with Gasteiger partial charge in [-0.1, -0.05) is 6.07 Å². The Morgan fingerprint density at radius 2 is 2.00 bits per heavy atom. The number of alkyl halides is 3. The van der Waals surface area contributed by atoms with Gasteiger partial charge in [-0.25, -0.2) is 4.79 Å². The summed E-state index contributed by atoms with van der Waals surface area (Å²) in [7, 11) is 0. The van der Waals surface area contributed by atoms with Crippen molar-refractivity contribution in [3.05, 3.63) is 46.8 Å². The zero-order chi connectivity index (χ0) is 20.3. The number of esters is 1. The van der Waals surface area contributed by atoms with Gasteiger partial charge in [0.15, 0.2) is 5.69 Å². The second-order valence-electron chi connectivity index (χ2n) is 6.49. The summed E-state index contributed by atoms with van der Waals surface area (Å²) in [6, 6.07) is 6.17. The molecule has 0 spiro atoms. The highest BCUT2D eigenvalue weighted by atomic mass is 19.4. The molecule has 0 atom stereocenters. The summed E-state index contributed by atoms with van der Waals surface area (Å²) >= 11 is 0. The van der Waals surface area contributed by atoms with Crippen LogP contribution >= 0.6 is 0 Å². The summed E-state index contributed by atoms with van der Waals surface area (Å²) in [4.78, 5) is 24.1. The number of carbonyl (C=O) groups is 2. The van der Waals surface area contributed by atoms with Gasteiger partial charge in [0, 0.05) is 16.9 Å². The molecule has 0 fully saturated rings. The first kappa shape index (κ1) is 19.9. The van der Waals surface area contributed by atoms with Gasteiger partial charge >= 0.3 is 12.1 Å². The van der Waals surface area contributed by atoms with Crippen LogP contribution in [0, 0.1) is 0 Å². The van der Waals surface area contributed by atoms with Gasteiger partial charge in [0.05, 0.1) is 12.2 Å². The van der Waals surface area contributed by atoms with E-state index in [1.54, 1.807) is 25.1 Å². The number of carbonyl (C=O) groups excluding carboxylic acids is 2. The fourth-order valence-corrected chi connectivity index (χ4v) is 3.30. The van der Waals surface area contributed by atoms with Gasteiger partial charge in [0.2, 0.25) is 5.91 Å². The van der Waals surface area contributed by atoms with E-state index < -0.39 is 23.7 Å². The van der Waals surface area contributed by atoms with Crippen molar-refractivity contribution in [1.82, 2.24) is 9.78 Å². The first-order chi connectivity index (χ1) is 13.3. The van der Waals surface area contributed by atoms with Crippen molar-refractivity contribution in [3.63, 3.8) is 0 Å². The Kier molecular flexibility index (Phi) is 5.71. The number of aromatic nitrogens is 2. The van der Waals surface area contributed by atoms with Crippen LogP contribution in [0.3, 0.4) is 0 Å². The Morgan fingerprint density at radius 1 is 1.25 bits per heavy atom. The normalized spacial score (nSPS) is 13.7. The summed E-state index contributed by atoms with van der Waals surface area (Å²) in [6.45, 7) is 1.58. The summed E-state index contributed by atoms with van der Waals surface area (Å²) < 4.78 is 45.8. The fourth-order valence-electron chi connectivity index (χ4n) is 3.30. The maximum Gasteiger partial charge on any atom is 0.435 e. The van der Waals surface area contributed by atoms with Gasteiger partial charge in [0.1, 0.15) is 6.54 Å². The second kappa shape index (κ2) is 8.04. The Bertz CT molecular complexity index is 890. The minimum absolute atomic E-state index is 0.191. The third-order valence-electron chi connectivity index (χ3n) is 4.48. The van der Waals surface area contributed by atoms with Gasteiger partial charge in [-0.3, -0.25) is 9.48 Å². The number of anilines is 1. The molecule has 1 heterocycles. The molecule has 150 valence electrons. The number of nitrogens with zero attached hydrogens (tertiary/aromatic N) is 2. The van der Waals surface area contributed by atoms with Crippen LogP contribution < -0.4 is 5.32 Å². The van der Waals surface area contributed by atoms with Crippen molar-refractivity contribution in [1.29, 1.82) is 0 Å². The van der Waals surface area contributed by atoms with Crippen molar-refractivity contribution >= 4 is 17.6 Å². The molecule has 3 rings (SSSR count). The second-order valence-corrected chi connectivity index (χ2v) is 6.49. The lowest BCUT2D eigenvalue weighted by molar-refractivity contribution is -0.142. The summed E-state index contributed by atoms with van der Waals surface area (Å²) in [6.07, 6.45) is -2.33. The maximum atomic E-state index is 13.2. The van der Waals surface area contributed by atoms with Crippen LogP contribution in [-0.4, -0.2) is 28.3 Å². The topological polar surface area (TPSA) is 73.2 Å². The molecule has 0 radical (unpaired) electrons. The van der Waals surface area contributed by atoms with E-state index in [-0.39, 0.29) is 24.3 Å². The Hall–Kier alpha value is -2.84. The molecule has 0 bridgehead atoms. The lowest BCUT2D eigenvalue weighted by Gasteiger charge is -2.14. The number of hydrogen-bond acceptors (Lipinski definition) is 4. The quantitative estimate of drug-likeness (QED) is 0.786. The molecule has 28 heavy (non-hydrogen) atoms. The highest BCUT2D eigenvalue weighted by Crippen LogP contribution is 2.35. The third-order valence-corrected chi connectivity index (χ3v) is 4.48. The summed E-state index contributed by atoms with van der Waals surface area (Å²) in [5, 5.41) is 6.27. The SMILES string of the molecule is CCOC(=O)c1cccc(NC(=O)Cn2nc(C(F)(F)F)c3c2CCCC3)c1. The average molecular weight is 395 g/mol. The highest BCUT2D eigenvalue weighted by Gasteiger charge is 2.39. The van der Waals surface area contributed by atoms with E-state index in [1.165, 1.54) is 6.07 Å². The molecule has 1 aromatic heterocycles. The smallest absolute Gasteiger partial charge is 0.435 e. The number of benzene rings is 1. The predicted molar refractivity (Wildman–Crippen MR) is 94.9 cm³/mol. The molecular weight excluding hydrogens is 375 g/mol. The van der Waals surface area contributed by atoms with Crippen LogP contribution in [0.5, 0.6) is 0 Å². The van der Waals surface area contributed by atoms with Crippen LogP contribution in [0.15, 0.2) is 24.3 Å². The Labute approximate surface area is 159 Å². The minimum atomic E-state index is -4.54. The predicted octanol–water partition coefficient (Wildman–Crippen LogP) is 3.60. The summed E-state index contributed by atoms with van der Waals surface area (Å²) in [5.41, 5.74) is 0.382. The summed E-state index contributed by atoms with van der Waals surface area (Å²) in [5.74, 6) is -1.04.